The summed E-state index contributed by atoms with van der Waals surface area (Å²) in [7, 11) is 1.55. The Hall–Kier alpha value is -2.63. The van der Waals surface area contributed by atoms with E-state index in [1.54, 1.807) is 31.4 Å². The summed E-state index contributed by atoms with van der Waals surface area (Å²) < 4.78 is 10.2. The maximum Gasteiger partial charge on any atom is 0.316 e. The van der Waals surface area contributed by atoms with Gasteiger partial charge < -0.3 is 14.8 Å². The molecule has 0 saturated heterocycles. The molecule has 104 valence electrons. The molecule has 0 bridgehead atoms. The highest BCUT2D eigenvalue weighted by molar-refractivity contribution is 6.04. The van der Waals surface area contributed by atoms with Crippen molar-refractivity contribution in [3.05, 3.63) is 42.2 Å². The van der Waals surface area contributed by atoms with Crippen LogP contribution in [-0.2, 0) is 0 Å². The van der Waals surface area contributed by atoms with Gasteiger partial charge in [-0.15, -0.1) is 0 Å². The van der Waals surface area contributed by atoms with Gasteiger partial charge in [-0.1, -0.05) is 6.07 Å². The minimum Gasteiger partial charge on any atom is -0.497 e. The zero-order valence-electron chi connectivity index (χ0n) is 11.3. The first-order chi connectivity index (χ1) is 9.72. The molecule has 0 atom stereocenters. The van der Waals surface area contributed by atoms with Crippen LogP contribution in [0.5, 0.6) is 11.8 Å². The highest BCUT2D eigenvalue weighted by Gasteiger charge is 2.08. The molecular formula is C14H15N3O3. The zero-order valence-corrected chi connectivity index (χ0v) is 11.3. The number of hydrogen-bond acceptors (Lipinski definition) is 5. The summed E-state index contributed by atoms with van der Waals surface area (Å²) in [5, 5.41) is 2.70. The molecular weight excluding hydrogens is 258 g/mol. The lowest BCUT2D eigenvalue weighted by Gasteiger charge is -2.06. The molecule has 1 amide bonds. The van der Waals surface area contributed by atoms with E-state index in [-0.39, 0.29) is 11.9 Å². The Bertz CT molecular complexity index is 584. The minimum absolute atomic E-state index is 0.253. The Morgan fingerprint density at radius 2 is 2.05 bits per heavy atom. The predicted octanol–water partition coefficient (Wildman–Crippen LogP) is 2.14. The van der Waals surface area contributed by atoms with Crippen molar-refractivity contribution in [1.29, 1.82) is 0 Å². The van der Waals surface area contributed by atoms with Gasteiger partial charge in [-0.2, -0.15) is 0 Å². The molecule has 1 N–H and O–H groups in total. The summed E-state index contributed by atoms with van der Waals surface area (Å²) in [5.74, 6) is 0.372. The van der Waals surface area contributed by atoms with Crippen LogP contribution in [0.3, 0.4) is 0 Å². The van der Waals surface area contributed by atoms with Crippen molar-refractivity contribution < 1.29 is 14.3 Å². The van der Waals surface area contributed by atoms with Gasteiger partial charge in [0.1, 0.15) is 5.75 Å². The van der Waals surface area contributed by atoms with Gasteiger partial charge in [0, 0.05) is 5.56 Å². The van der Waals surface area contributed by atoms with Crippen molar-refractivity contribution in [3.63, 3.8) is 0 Å². The monoisotopic (exact) mass is 273 g/mol. The van der Waals surface area contributed by atoms with Gasteiger partial charge in [-0.05, 0) is 25.1 Å². The highest BCUT2D eigenvalue weighted by Crippen LogP contribution is 2.14. The Balaban J connectivity index is 2.06. The number of ether oxygens (including phenoxy) is 2. The van der Waals surface area contributed by atoms with Crippen LogP contribution in [-0.4, -0.2) is 29.6 Å². The smallest absolute Gasteiger partial charge is 0.316 e. The molecule has 2 aromatic rings. The van der Waals surface area contributed by atoms with E-state index >= 15 is 0 Å². The van der Waals surface area contributed by atoms with E-state index in [4.69, 9.17) is 9.47 Å². The number of benzene rings is 1. The first-order valence-corrected chi connectivity index (χ1v) is 6.13. The van der Waals surface area contributed by atoms with E-state index < -0.39 is 0 Å². The van der Waals surface area contributed by atoms with E-state index in [0.29, 0.717) is 23.6 Å². The third-order valence-electron chi connectivity index (χ3n) is 2.49. The molecule has 0 aliphatic rings. The number of anilines is 1. The van der Waals surface area contributed by atoms with Crippen molar-refractivity contribution in [3.8, 4) is 11.8 Å². The van der Waals surface area contributed by atoms with Gasteiger partial charge in [0.2, 0.25) is 0 Å². The van der Waals surface area contributed by atoms with Gasteiger partial charge in [-0.25, -0.2) is 9.97 Å². The Labute approximate surface area is 116 Å². The molecule has 0 spiro atoms. The SMILES string of the molecule is CCOc1ncc(NC(=O)c2cccc(OC)c2)cn1. The molecule has 1 aromatic carbocycles. The number of aromatic nitrogens is 2. The third kappa shape index (κ3) is 3.44. The van der Waals surface area contributed by atoms with Crippen molar-refractivity contribution in [2.45, 2.75) is 6.92 Å². The largest absolute Gasteiger partial charge is 0.497 e. The van der Waals surface area contributed by atoms with Crippen molar-refractivity contribution >= 4 is 11.6 Å². The van der Waals surface area contributed by atoms with E-state index in [2.05, 4.69) is 15.3 Å². The molecule has 0 fully saturated rings. The summed E-state index contributed by atoms with van der Waals surface area (Å²) in [6.45, 7) is 2.34. The fourth-order valence-corrected chi connectivity index (χ4v) is 1.55. The van der Waals surface area contributed by atoms with Crippen LogP contribution in [0, 0.1) is 0 Å². The molecule has 0 saturated carbocycles. The lowest BCUT2D eigenvalue weighted by molar-refractivity contribution is 0.102. The van der Waals surface area contributed by atoms with E-state index in [0.717, 1.165) is 0 Å². The van der Waals surface area contributed by atoms with Crippen molar-refractivity contribution in [1.82, 2.24) is 9.97 Å². The summed E-state index contributed by atoms with van der Waals surface area (Å²) in [6, 6.07) is 7.17. The van der Waals surface area contributed by atoms with Gasteiger partial charge >= 0.3 is 6.01 Å². The minimum atomic E-state index is -0.253. The van der Waals surface area contributed by atoms with Gasteiger partial charge in [0.05, 0.1) is 31.8 Å². The topological polar surface area (TPSA) is 73.3 Å². The van der Waals surface area contributed by atoms with Gasteiger partial charge in [0.15, 0.2) is 0 Å². The van der Waals surface area contributed by atoms with Crippen molar-refractivity contribution in [2.24, 2.45) is 0 Å². The van der Waals surface area contributed by atoms with Crippen LogP contribution < -0.4 is 14.8 Å². The van der Waals surface area contributed by atoms with E-state index in [1.807, 2.05) is 6.92 Å². The maximum atomic E-state index is 12.0. The molecule has 1 heterocycles. The molecule has 6 nitrogen and oxygen atoms in total. The van der Waals surface area contributed by atoms with E-state index in [9.17, 15) is 4.79 Å². The first-order valence-electron chi connectivity index (χ1n) is 6.13. The Kier molecular flexibility index (Phi) is 4.49. The molecule has 1 aromatic heterocycles. The zero-order chi connectivity index (χ0) is 14.4. The quantitative estimate of drug-likeness (QED) is 0.903. The predicted molar refractivity (Wildman–Crippen MR) is 74.1 cm³/mol. The third-order valence-corrected chi connectivity index (χ3v) is 2.49. The summed E-state index contributed by atoms with van der Waals surface area (Å²) in [4.78, 5) is 20.0. The second-order valence-corrected chi connectivity index (χ2v) is 3.87. The number of carbonyl (C=O) groups is 1. The number of nitrogens with zero attached hydrogens (tertiary/aromatic N) is 2. The molecule has 0 radical (unpaired) electrons. The number of hydrogen-bond donors (Lipinski definition) is 1. The number of carbonyl (C=O) groups excluding carboxylic acids is 1. The lowest BCUT2D eigenvalue weighted by Crippen LogP contribution is -2.12. The van der Waals surface area contributed by atoms with Crippen LogP contribution in [0.1, 0.15) is 17.3 Å². The number of nitrogens with one attached hydrogen (secondary N) is 1. The van der Waals surface area contributed by atoms with Crippen LogP contribution in [0.2, 0.25) is 0 Å². The number of methoxy groups -OCH3 is 1. The van der Waals surface area contributed by atoms with Crippen LogP contribution in [0.4, 0.5) is 5.69 Å². The first kappa shape index (κ1) is 13.8. The van der Waals surface area contributed by atoms with Crippen molar-refractivity contribution in [2.75, 3.05) is 19.0 Å². The van der Waals surface area contributed by atoms with Crippen LogP contribution >= 0.6 is 0 Å². The molecule has 0 aliphatic heterocycles. The highest BCUT2D eigenvalue weighted by atomic mass is 16.5. The molecule has 0 aliphatic carbocycles. The average Bonchev–Trinajstić information content (AvgIpc) is 2.49. The summed E-state index contributed by atoms with van der Waals surface area (Å²) >= 11 is 0. The second kappa shape index (κ2) is 6.51. The molecule has 6 heteroatoms. The normalized spacial score (nSPS) is 9.90. The number of rotatable bonds is 5. The van der Waals surface area contributed by atoms with E-state index in [1.165, 1.54) is 12.4 Å². The standard InChI is InChI=1S/C14H15N3O3/c1-3-20-14-15-8-11(9-16-14)17-13(18)10-5-4-6-12(7-10)19-2/h4-9H,3H2,1-2H3,(H,17,18). The fourth-order valence-electron chi connectivity index (χ4n) is 1.55. The second-order valence-electron chi connectivity index (χ2n) is 3.87. The summed E-state index contributed by atoms with van der Waals surface area (Å²) in [5.41, 5.74) is 1.000. The lowest BCUT2D eigenvalue weighted by atomic mass is 10.2. The molecule has 0 unspecified atom stereocenters. The molecule has 2 rings (SSSR count). The Morgan fingerprint density at radius 3 is 2.70 bits per heavy atom. The summed E-state index contributed by atoms with van der Waals surface area (Å²) in [6.07, 6.45) is 2.99. The van der Waals surface area contributed by atoms with Gasteiger partial charge in [0.25, 0.3) is 5.91 Å². The van der Waals surface area contributed by atoms with Gasteiger partial charge in [-0.3, -0.25) is 4.79 Å². The Morgan fingerprint density at radius 1 is 1.30 bits per heavy atom. The van der Waals surface area contributed by atoms with Crippen LogP contribution in [0.15, 0.2) is 36.7 Å². The van der Waals surface area contributed by atoms with Crippen LogP contribution in [0.25, 0.3) is 0 Å². The average molecular weight is 273 g/mol. The number of amides is 1. The maximum absolute atomic E-state index is 12.0. The fraction of sp³-hybridized carbons (Fsp3) is 0.214. The molecule has 20 heavy (non-hydrogen) atoms.